The Morgan fingerprint density at radius 2 is 1.89 bits per heavy atom. The molecule has 1 aromatic rings. The Kier molecular flexibility index (Phi) is 3.53. The predicted molar refractivity (Wildman–Crippen MR) is 73.5 cm³/mol. The van der Waals surface area contributed by atoms with Gasteiger partial charge in [0.25, 0.3) is 0 Å². The number of hydrogen-bond donors (Lipinski definition) is 1. The van der Waals surface area contributed by atoms with Crippen LogP contribution in [0, 0.1) is 5.82 Å². The third-order valence-electron chi connectivity index (χ3n) is 3.12. The standard InChI is InChI=1S/C14H22FN3O/c1-13(2)8-18(9-14(3,4)19-13)12-10(6-16)5-11(15)7-17-12/h5,7H,6,8-9,16H2,1-4H3. The van der Waals surface area contributed by atoms with Gasteiger partial charge in [0.1, 0.15) is 11.6 Å². The molecule has 106 valence electrons. The topological polar surface area (TPSA) is 51.4 Å². The summed E-state index contributed by atoms with van der Waals surface area (Å²) < 4.78 is 19.3. The molecule has 1 aliphatic heterocycles. The van der Waals surface area contributed by atoms with Gasteiger partial charge in [-0.25, -0.2) is 9.37 Å². The van der Waals surface area contributed by atoms with Crippen molar-refractivity contribution < 1.29 is 9.13 Å². The first-order valence-electron chi connectivity index (χ1n) is 6.52. The summed E-state index contributed by atoms with van der Waals surface area (Å²) in [7, 11) is 0. The van der Waals surface area contributed by atoms with Crippen LogP contribution in [0.15, 0.2) is 12.3 Å². The SMILES string of the molecule is CC1(C)CN(c2ncc(F)cc2CN)CC(C)(C)O1. The van der Waals surface area contributed by atoms with Gasteiger partial charge in [-0.1, -0.05) is 0 Å². The van der Waals surface area contributed by atoms with E-state index in [-0.39, 0.29) is 23.6 Å². The van der Waals surface area contributed by atoms with Gasteiger partial charge in [-0.15, -0.1) is 0 Å². The lowest BCUT2D eigenvalue weighted by atomic mass is 9.98. The maximum absolute atomic E-state index is 13.2. The van der Waals surface area contributed by atoms with Crippen LogP contribution in [0.25, 0.3) is 0 Å². The molecule has 0 unspecified atom stereocenters. The van der Waals surface area contributed by atoms with E-state index < -0.39 is 0 Å². The minimum atomic E-state index is -0.351. The van der Waals surface area contributed by atoms with E-state index in [1.165, 1.54) is 12.3 Å². The monoisotopic (exact) mass is 267 g/mol. The molecule has 0 bridgehead atoms. The summed E-state index contributed by atoms with van der Waals surface area (Å²) in [6.07, 6.45) is 1.24. The van der Waals surface area contributed by atoms with Gasteiger partial charge < -0.3 is 15.4 Å². The molecule has 1 aliphatic rings. The fraction of sp³-hybridized carbons (Fsp3) is 0.643. The number of aromatic nitrogens is 1. The molecule has 1 fully saturated rings. The lowest BCUT2D eigenvalue weighted by Crippen LogP contribution is -2.57. The van der Waals surface area contributed by atoms with Crippen molar-refractivity contribution in [1.82, 2.24) is 4.98 Å². The summed E-state index contributed by atoms with van der Waals surface area (Å²) in [5, 5.41) is 0. The second-order valence-electron chi connectivity index (χ2n) is 6.32. The Morgan fingerprint density at radius 1 is 1.32 bits per heavy atom. The van der Waals surface area contributed by atoms with Gasteiger partial charge in [0.2, 0.25) is 0 Å². The van der Waals surface area contributed by atoms with Gasteiger partial charge in [0.15, 0.2) is 0 Å². The van der Waals surface area contributed by atoms with Crippen molar-refractivity contribution in [3.63, 3.8) is 0 Å². The fourth-order valence-corrected chi connectivity index (χ4v) is 2.85. The summed E-state index contributed by atoms with van der Waals surface area (Å²) in [5.74, 6) is 0.407. The first-order valence-corrected chi connectivity index (χ1v) is 6.52. The summed E-state index contributed by atoms with van der Waals surface area (Å²) in [6.45, 7) is 9.89. The van der Waals surface area contributed by atoms with Crippen LogP contribution in [0.3, 0.4) is 0 Å². The van der Waals surface area contributed by atoms with Crippen molar-refractivity contribution in [1.29, 1.82) is 0 Å². The lowest BCUT2D eigenvalue weighted by Gasteiger charge is -2.48. The minimum Gasteiger partial charge on any atom is -0.366 e. The molecule has 2 heterocycles. The van der Waals surface area contributed by atoms with Gasteiger partial charge in [-0.3, -0.25) is 0 Å². The average Bonchev–Trinajstić information content (AvgIpc) is 2.24. The van der Waals surface area contributed by atoms with Gasteiger partial charge in [-0.2, -0.15) is 0 Å². The summed E-state index contributed by atoms with van der Waals surface area (Å²) in [6, 6.07) is 1.46. The zero-order valence-corrected chi connectivity index (χ0v) is 12.0. The second kappa shape index (κ2) is 4.72. The first kappa shape index (κ1) is 14.2. The van der Waals surface area contributed by atoms with Gasteiger partial charge in [0, 0.05) is 25.2 Å². The summed E-state index contributed by atoms with van der Waals surface area (Å²) in [5.41, 5.74) is 5.88. The van der Waals surface area contributed by atoms with Crippen LogP contribution in [0.5, 0.6) is 0 Å². The zero-order valence-electron chi connectivity index (χ0n) is 12.0. The largest absolute Gasteiger partial charge is 0.366 e. The van der Waals surface area contributed by atoms with Crippen LogP contribution in [0.2, 0.25) is 0 Å². The number of nitrogens with two attached hydrogens (primary N) is 1. The molecule has 19 heavy (non-hydrogen) atoms. The number of nitrogens with zero attached hydrogens (tertiary/aromatic N) is 2. The molecular formula is C14H22FN3O. The maximum atomic E-state index is 13.2. The molecule has 0 aromatic carbocycles. The highest BCUT2D eigenvalue weighted by Gasteiger charge is 2.39. The van der Waals surface area contributed by atoms with E-state index in [9.17, 15) is 4.39 Å². The third-order valence-corrected chi connectivity index (χ3v) is 3.12. The quantitative estimate of drug-likeness (QED) is 0.891. The highest BCUT2D eigenvalue weighted by atomic mass is 19.1. The average molecular weight is 267 g/mol. The normalized spacial score (nSPS) is 21.5. The van der Waals surface area contributed by atoms with Crippen LogP contribution >= 0.6 is 0 Å². The molecule has 0 radical (unpaired) electrons. The van der Waals surface area contributed by atoms with E-state index in [0.29, 0.717) is 13.1 Å². The van der Waals surface area contributed by atoms with E-state index >= 15 is 0 Å². The molecule has 0 atom stereocenters. The van der Waals surface area contributed by atoms with Crippen LogP contribution in [-0.4, -0.2) is 29.3 Å². The minimum absolute atomic E-state index is 0.274. The van der Waals surface area contributed by atoms with E-state index in [1.807, 2.05) is 27.7 Å². The molecule has 0 aliphatic carbocycles. The molecule has 0 saturated carbocycles. The van der Waals surface area contributed by atoms with E-state index in [2.05, 4.69) is 9.88 Å². The van der Waals surface area contributed by atoms with E-state index in [1.54, 1.807) is 0 Å². The highest BCUT2D eigenvalue weighted by Crippen LogP contribution is 2.31. The second-order valence-corrected chi connectivity index (χ2v) is 6.32. The number of rotatable bonds is 2. The van der Waals surface area contributed by atoms with Crippen molar-refractivity contribution in [2.24, 2.45) is 5.73 Å². The summed E-state index contributed by atoms with van der Waals surface area (Å²) >= 11 is 0. The van der Waals surface area contributed by atoms with Crippen LogP contribution < -0.4 is 10.6 Å². The van der Waals surface area contributed by atoms with Crippen LogP contribution in [0.4, 0.5) is 10.2 Å². The van der Waals surface area contributed by atoms with Crippen LogP contribution in [-0.2, 0) is 11.3 Å². The predicted octanol–water partition coefficient (Wildman–Crippen LogP) is 2.07. The van der Waals surface area contributed by atoms with Gasteiger partial charge >= 0.3 is 0 Å². The Hall–Kier alpha value is -1.20. The molecule has 1 aromatic heterocycles. The Bertz CT molecular complexity index is 458. The van der Waals surface area contributed by atoms with Gasteiger partial charge in [0.05, 0.1) is 17.4 Å². The molecular weight excluding hydrogens is 245 g/mol. The van der Waals surface area contributed by atoms with Gasteiger partial charge in [-0.05, 0) is 33.8 Å². The lowest BCUT2D eigenvalue weighted by molar-refractivity contribution is -0.133. The first-order chi connectivity index (χ1) is 8.72. The molecule has 0 spiro atoms. The van der Waals surface area contributed by atoms with Crippen molar-refractivity contribution in [2.75, 3.05) is 18.0 Å². The number of hydrogen-bond acceptors (Lipinski definition) is 4. The Balaban J connectivity index is 2.35. The smallest absolute Gasteiger partial charge is 0.141 e. The number of ether oxygens (including phenoxy) is 1. The fourth-order valence-electron chi connectivity index (χ4n) is 2.85. The third kappa shape index (κ3) is 3.22. The number of halogens is 1. The van der Waals surface area contributed by atoms with E-state index in [4.69, 9.17) is 10.5 Å². The molecule has 2 N–H and O–H groups in total. The zero-order chi connectivity index (χ0) is 14.3. The molecule has 1 saturated heterocycles. The van der Waals surface area contributed by atoms with Crippen molar-refractivity contribution >= 4 is 5.82 Å². The summed E-state index contributed by atoms with van der Waals surface area (Å²) in [4.78, 5) is 6.35. The highest BCUT2D eigenvalue weighted by molar-refractivity contribution is 5.48. The van der Waals surface area contributed by atoms with Crippen LogP contribution in [0.1, 0.15) is 33.3 Å². The van der Waals surface area contributed by atoms with Crippen molar-refractivity contribution in [3.8, 4) is 0 Å². The van der Waals surface area contributed by atoms with Crippen molar-refractivity contribution in [3.05, 3.63) is 23.6 Å². The van der Waals surface area contributed by atoms with Crippen molar-refractivity contribution in [2.45, 2.75) is 45.4 Å². The Labute approximate surface area is 113 Å². The molecule has 5 heteroatoms. The Morgan fingerprint density at radius 3 is 2.42 bits per heavy atom. The number of morpholine rings is 1. The molecule has 4 nitrogen and oxygen atoms in total. The van der Waals surface area contributed by atoms with E-state index in [0.717, 1.165) is 11.4 Å². The number of anilines is 1. The maximum Gasteiger partial charge on any atom is 0.141 e. The molecule has 0 amide bonds. The number of pyridine rings is 1. The molecule has 2 rings (SSSR count).